The fraction of sp³-hybridized carbons (Fsp3) is 0.467. The number of rotatable bonds is 5. The number of sulfonamides is 1. The molecule has 0 spiro atoms. The standard InChI is InChI=1S/C15H17FN2O4S/c16-13-4-1-11(12(7-13)8-17)9-23(21,22)18-14-5-2-10(3-6-14)15(19)20/h1,4,7,10,14,18H,2-3,5-6,9H2,(H,19,20). The van der Waals surface area contributed by atoms with Crippen LogP contribution in [0.2, 0.25) is 0 Å². The van der Waals surface area contributed by atoms with E-state index in [0.29, 0.717) is 25.7 Å². The van der Waals surface area contributed by atoms with Gasteiger partial charge in [0.15, 0.2) is 0 Å². The summed E-state index contributed by atoms with van der Waals surface area (Å²) in [4.78, 5) is 10.9. The Labute approximate surface area is 134 Å². The van der Waals surface area contributed by atoms with Crippen LogP contribution in [-0.2, 0) is 20.6 Å². The first-order chi connectivity index (χ1) is 10.8. The number of nitrogens with one attached hydrogen (secondary N) is 1. The second-order valence-corrected chi connectivity index (χ2v) is 7.43. The zero-order valence-electron chi connectivity index (χ0n) is 12.3. The number of hydrogen-bond acceptors (Lipinski definition) is 4. The molecule has 2 N–H and O–H groups in total. The van der Waals surface area contributed by atoms with Crippen LogP contribution >= 0.6 is 0 Å². The highest BCUT2D eigenvalue weighted by atomic mass is 32.2. The number of carboxylic acid groups (broad SMARTS) is 1. The van der Waals surface area contributed by atoms with Gasteiger partial charge in [-0.15, -0.1) is 0 Å². The normalized spacial score (nSPS) is 21.6. The Bertz CT molecular complexity index is 734. The molecule has 8 heteroatoms. The maximum absolute atomic E-state index is 13.1. The molecule has 1 aromatic rings. The van der Waals surface area contributed by atoms with Crippen molar-refractivity contribution >= 4 is 16.0 Å². The molecule has 1 fully saturated rings. The summed E-state index contributed by atoms with van der Waals surface area (Å²) in [6.07, 6.45) is 1.79. The van der Waals surface area contributed by atoms with Gasteiger partial charge in [0, 0.05) is 6.04 Å². The summed E-state index contributed by atoms with van der Waals surface area (Å²) in [6.45, 7) is 0. The molecule has 6 nitrogen and oxygen atoms in total. The Kier molecular flexibility index (Phi) is 5.34. The third-order valence-electron chi connectivity index (χ3n) is 3.96. The van der Waals surface area contributed by atoms with Crippen LogP contribution in [0, 0.1) is 23.1 Å². The van der Waals surface area contributed by atoms with Gasteiger partial charge in [-0.2, -0.15) is 5.26 Å². The number of hydrogen-bond donors (Lipinski definition) is 2. The fourth-order valence-electron chi connectivity index (χ4n) is 2.74. The molecule has 1 aromatic carbocycles. The Balaban J connectivity index is 2.01. The summed E-state index contributed by atoms with van der Waals surface area (Å²) in [5.41, 5.74) is 0.227. The molecule has 0 aliphatic heterocycles. The number of nitrogens with zero attached hydrogens (tertiary/aromatic N) is 1. The lowest BCUT2D eigenvalue weighted by molar-refractivity contribution is -0.142. The first-order valence-electron chi connectivity index (χ1n) is 7.22. The van der Waals surface area contributed by atoms with Crippen molar-refractivity contribution in [2.24, 2.45) is 5.92 Å². The van der Waals surface area contributed by atoms with E-state index >= 15 is 0 Å². The highest BCUT2D eigenvalue weighted by Crippen LogP contribution is 2.25. The Morgan fingerprint density at radius 2 is 2.00 bits per heavy atom. The molecule has 23 heavy (non-hydrogen) atoms. The van der Waals surface area contributed by atoms with Crippen LogP contribution < -0.4 is 4.72 Å². The van der Waals surface area contributed by atoms with Crippen molar-refractivity contribution in [1.29, 1.82) is 5.26 Å². The van der Waals surface area contributed by atoms with Crippen LogP contribution in [0.3, 0.4) is 0 Å². The van der Waals surface area contributed by atoms with Crippen molar-refractivity contribution in [3.63, 3.8) is 0 Å². The quantitative estimate of drug-likeness (QED) is 0.849. The van der Waals surface area contributed by atoms with E-state index in [9.17, 15) is 17.6 Å². The van der Waals surface area contributed by atoms with Gasteiger partial charge in [-0.05, 0) is 43.4 Å². The number of nitriles is 1. The summed E-state index contributed by atoms with van der Waals surface area (Å²) >= 11 is 0. The number of carboxylic acids is 1. The van der Waals surface area contributed by atoms with Gasteiger partial charge >= 0.3 is 5.97 Å². The van der Waals surface area contributed by atoms with Gasteiger partial charge in [0.25, 0.3) is 0 Å². The van der Waals surface area contributed by atoms with Gasteiger partial charge in [-0.25, -0.2) is 17.5 Å². The van der Waals surface area contributed by atoms with Crippen LogP contribution in [0.1, 0.15) is 36.8 Å². The first kappa shape index (κ1) is 17.4. The summed E-state index contributed by atoms with van der Waals surface area (Å²) < 4.78 is 40.0. The monoisotopic (exact) mass is 340 g/mol. The minimum absolute atomic E-state index is 0.00930. The molecule has 0 unspecified atom stereocenters. The van der Waals surface area contributed by atoms with Crippen LogP contribution in [0.15, 0.2) is 18.2 Å². The van der Waals surface area contributed by atoms with Crippen LogP contribution in [0.5, 0.6) is 0 Å². The Morgan fingerprint density at radius 3 is 2.57 bits per heavy atom. The lowest BCUT2D eigenvalue weighted by Gasteiger charge is -2.26. The van der Waals surface area contributed by atoms with Crippen LogP contribution in [-0.4, -0.2) is 25.5 Å². The van der Waals surface area contributed by atoms with Crippen LogP contribution in [0.4, 0.5) is 4.39 Å². The van der Waals surface area contributed by atoms with Gasteiger partial charge in [-0.1, -0.05) is 6.07 Å². The highest BCUT2D eigenvalue weighted by molar-refractivity contribution is 7.88. The second kappa shape index (κ2) is 7.06. The fourth-order valence-corrected chi connectivity index (χ4v) is 4.23. The van der Waals surface area contributed by atoms with Crippen molar-refractivity contribution in [2.45, 2.75) is 37.5 Å². The van der Waals surface area contributed by atoms with Crippen molar-refractivity contribution in [1.82, 2.24) is 4.72 Å². The first-order valence-corrected chi connectivity index (χ1v) is 8.87. The molecule has 0 radical (unpaired) electrons. The van der Waals surface area contributed by atoms with E-state index in [2.05, 4.69) is 4.72 Å². The molecule has 2 rings (SSSR count). The molecule has 1 saturated carbocycles. The third kappa shape index (κ3) is 4.74. The van der Waals surface area contributed by atoms with Crippen molar-refractivity contribution in [2.75, 3.05) is 0 Å². The molecule has 0 atom stereocenters. The van der Waals surface area contributed by atoms with Gasteiger partial charge in [-0.3, -0.25) is 4.79 Å². The summed E-state index contributed by atoms with van der Waals surface area (Å²) in [6, 6.07) is 4.88. The van der Waals surface area contributed by atoms with E-state index in [-0.39, 0.29) is 17.2 Å². The summed E-state index contributed by atoms with van der Waals surface area (Å²) in [5.74, 6) is -2.27. The van der Waals surface area contributed by atoms with Gasteiger partial charge in [0.1, 0.15) is 5.82 Å². The molecular weight excluding hydrogens is 323 g/mol. The van der Waals surface area contributed by atoms with Crippen molar-refractivity contribution in [3.8, 4) is 6.07 Å². The lowest BCUT2D eigenvalue weighted by Crippen LogP contribution is -2.39. The predicted octanol–water partition coefficient (Wildman–Crippen LogP) is 1.76. The van der Waals surface area contributed by atoms with E-state index in [4.69, 9.17) is 10.4 Å². The summed E-state index contributed by atoms with van der Waals surface area (Å²) in [5, 5.41) is 17.9. The minimum atomic E-state index is -3.69. The van der Waals surface area contributed by atoms with E-state index < -0.39 is 33.5 Å². The number of aliphatic carboxylic acids is 1. The average molecular weight is 340 g/mol. The second-order valence-electron chi connectivity index (χ2n) is 5.68. The molecular formula is C15H17FN2O4S. The molecule has 0 aromatic heterocycles. The van der Waals surface area contributed by atoms with E-state index in [0.717, 1.165) is 12.1 Å². The Morgan fingerprint density at radius 1 is 1.35 bits per heavy atom. The van der Waals surface area contributed by atoms with Gasteiger partial charge in [0.05, 0.1) is 23.3 Å². The smallest absolute Gasteiger partial charge is 0.306 e. The van der Waals surface area contributed by atoms with Crippen molar-refractivity contribution in [3.05, 3.63) is 35.1 Å². The average Bonchev–Trinajstić information content (AvgIpc) is 2.49. The molecule has 1 aliphatic rings. The van der Waals surface area contributed by atoms with E-state index in [1.165, 1.54) is 6.07 Å². The predicted molar refractivity (Wildman–Crippen MR) is 80.3 cm³/mol. The topological polar surface area (TPSA) is 107 Å². The molecule has 124 valence electrons. The molecule has 0 saturated heterocycles. The maximum atomic E-state index is 13.1. The number of benzene rings is 1. The molecule has 0 heterocycles. The molecule has 0 amide bonds. The Hall–Kier alpha value is -1.98. The highest BCUT2D eigenvalue weighted by Gasteiger charge is 2.28. The summed E-state index contributed by atoms with van der Waals surface area (Å²) in [7, 11) is -3.69. The SMILES string of the molecule is N#Cc1cc(F)ccc1CS(=O)(=O)NC1CCC(C(=O)O)CC1. The lowest BCUT2D eigenvalue weighted by atomic mass is 9.87. The largest absolute Gasteiger partial charge is 0.481 e. The molecule has 1 aliphatic carbocycles. The maximum Gasteiger partial charge on any atom is 0.306 e. The van der Waals surface area contributed by atoms with Gasteiger partial charge < -0.3 is 5.11 Å². The van der Waals surface area contributed by atoms with Gasteiger partial charge in [0.2, 0.25) is 10.0 Å². The zero-order valence-corrected chi connectivity index (χ0v) is 13.1. The zero-order chi connectivity index (χ0) is 17.0. The number of carbonyl (C=O) groups is 1. The third-order valence-corrected chi connectivity index (χ3v) is 5.34. The number of halogens is 1. The van der Waals surface area contributed by atoms with E-state index in [1.54, 1.807) is 6.07 Å². The minimum Gasteiger partial charge on any atom is -0.481 e. The van der Waals surface area contributed by atoms with Crippen LogP contribution in [0.25, 0.3) is 0 Å². The molecule has 0 bridgehead atoms. The van der Waals surface area contributed by atoms with Crippen molar-refractivity contribution < 1.29 is 22.7 Å². The van der Waals surface area contributed by atoms with E-state index in [1.807, 2.05) is 0 Å².